The lowest BCUT2D eigenvalue weighted by atomic mass is 10.1. The van der Waals surface area contributed by atoms with Crippen molar-refractivity contribution in [3.63, 3.8) is 0 Å². The highest BCUT2D eigenvalue weighted by molar-refractivity contribution is 6.03. The van der Waals surface area contributed by atoms with Crippen LogP contribution in [-0.2, 0) is 4.74 Å². The molecule has 32 heavy (non-hydrogen) atoms. The fourth-order valence-electron chi connectivity index (χ4n) is 3.47. The van der Waals surface area contributed by atoms with E-state index in [2.05, 4.69) is 20.9 Å². The molecular weight excluding hydrogens is 413 g/mol. The second-order valence-electron chi connectivity index (χ2n) is 7.78. The van der Waals surface area contributed by atoms with Crippen LogP contribution >= 0.6 is 0 Å². The number of carbonyl (C=O) groups is 2. The van der Waals surface area contributed by atoms with Gasteiger partial charge in [0.2, 0.25) is 0 Å². The summed E-state index contributed by atoms with van der Waals surface area (Å²) in [6.45, 7) is 4.82. The fourth-order valence-corrected chi connectivity index (χ4v) is 3.47. The molecule has 2 aromatic rings. The van der Waals surface area contributed by atoms with Gasteiger partial charge < -0.3 is 25.6 Å². The van der Waals surface area contributed by atoms with Crippen LogP contribution in [0.25, 0.3) is 0 Å². The van der Waals surface area contributed by atoms with E-state index in [1.807, 2.05) is 19.0 Å². The second kappa shape index (κ2) is 11.4. The fraction of sp³-hybridized carbons (Fsp3) is 0.391. The quantitative estimate of drug-likeness (QED) is 0.546. The van der Waals surface area contributed by atoms with E-state index in [1.54, 1.807) is 24.3 Å². The van der Waals surface area contributed by atoms with Gasteiger partial charge in [-0.1, -0.05) is 6.07 Å². The Hall–Kier alpha value is -3.17. The van der Waals surface area contributed by atoms with E-state index in [9.17, 15) is 14.0 Å². The van der Waals surface area contributed by atoms with Crippen molar-refractivity contribution in [1.29, 1.82) is 0 Å². The van der Waals surface area contributed by atoms with Gasteiger partial charge in [-0.05, 0) is 49.4 Å². The number of urea groups is 1. The third-order valence-corrected chi connectivity index (χ3v) is 5.10. The summed E-state index contributed by atoms with van der Waals surface area (Å²) in [5, 5.41) is 8.23. The molecule has 3 rings (SSSR count). The molecule has 1 saturated heterocycles. The van der Waals surface area contributed by atoms with Gasteiger partial charge in [0.15, 0.2) is 0 Å². The summed E-state index contributed by atoms with van der Waals surface area (Å²) in [6.07, 6.45) is 0.844. The molecule has 1 aliphatic rings. The smallest absolute Gasteiger partial charge is 0.323 e. The van der Waals surface area contributed by atoms with Gasteiger partial charge in [0, 0.05) is 50.8 Å². The van der Waals surface area contributed by atoms with Crippen LogP contribution in [0.15, 0.2) is 42.5 Å². The monoisotopic (exact) mass is 443 g/mol. The number of morpholine rings is 1. The van der Waals surface area contributed by atoms with Crippen molar-refractivity contribution in [3.8, 4) is 0 Å². The number of anilines is 3. The highest BCUT2D eigenvalue weighted by atomic mass is 19.1. The number of hydrogen-bond acceptors (Lipinski definition) is 5. The third-order valence-electron chi connectivity index (χ3n) is 5.10. The van der Waals surface area contributed by atoms with Crippen LogP contribution in [0.2, 0.25) is 0 Å². The average Bonchev–Trinajstić information content (AvgIpc) is 2.77. The van der Waals surface area contributed by atoms with Crippen LogP contribution in [0.5, 0.6) is 0 Å². The Kier molecular flexibility index (Phi) is 8.41. The predicted octanol–water partition coefficient (Wildman–Crippen LogP) is 2.99. The van der Waals surface area contributed by atoms with Crippen molar-refractivity contribution in [2.75, 3.05) is 69.0 Å². The van der Waals surface area contributed by atoms with E-state index in [0.29, 0.717) is 23.5 Å². The Morgan fingerprint density at radius 2 is 1.78 bits per heavy atom. The Balaban J connectivity index is 1.59. The molecule has 0 spiro atoms. The standard InChI is InChI=1S/C23H30FN5O3/c1-28(2)21-8-7-19(27-23(31)26-18-6-3-5-17(24)15-18)16-20(21)22(30)25-9-4-10-29-11-13-32-14-12-29/h3,5-8,15-16H,4,9-14H2,1-2H3,(H,25,30)(H2,26,27,31). The SMILES string of the molecule is CN(C)c1ccc(NC(=O)Nc2cccc(F)c2)cc1C(=O)NCCCN1CCOCC1. The molecule has 0 saturated carbocycles. The minimum Gasteiger partial charge on any atom is -0.379 e. The molecule has 0 aromatic heterocycles. The van der Waals surface area contributed by atoms with E-state index in [-0.39, 0.29) is 5.91 Å². The molecule has 0 aliphatic carbocycles. The van der Waals surface area contributed by atoms with Crippen LogP contribution in [0, 0.1) is 5.82 Å². The minimum absolute atomic E-state index is 0.204. The Morgan fingerprint density at radius 1 is 1.06 bits per heavy atom. The van der Waals surface area contributed by atoms with Crippen LogP contribution < -0.4 is 20.9 Å². The number of benzene rings is 2. The number of amides is 3. The zero-order valence-electron chi connectivity index (χ0n) is 18.5. The normalized spacial score (nSPS) is 14.0. The maximum absolute atomic E-state index is 13.3. The Bertz CT molecular complexity index is 932. The first-order valence-electron chi connectivity index (χ1n) is 10.7. The average molecular weight is 444 g/mol. The van der Waals surface area contributed by atoms with Gasteiger partial charge in [-0.3, -0.25) is 9.69 Å². The van der Waals surface area contributed by atoms with E-state index in [0.717, 1.165) is 45.0 Å². The lowest BCUT2D eigenvalue weighted by molar-refractivity contribution is 0.0374. The molecular formula is C23H30FN5O3. The first-order chi connectivity index (χ1) is 15.4. The van der Waals surface area contributed by atoms with Gasteiger partial charge in [0.25, 0.3) is 5.91 Å². The lowest BCUT2D eigenvalue weighted by Gasteiger charge is -2.26. The topological polar surface area (TPSA) is 85.9 Å². The summed E-state index contributed by atoms with van der Waals surface area (Å²) in [6, 6.07) is 10.2. The summed E-state index contributed by atoms with van der Waals surface area (Å²) in [4.78, 5) is 29.3. The number of hydrogen-bond donors (Lipinski definition) is 3. The van der Waals surface area contributed by atoms with Crippen LogP contribution in [0.3, 0.4) is 0 Å². The first kappa shape index (κ1) is 23.5. The van der Waals surface area contributed by atoms with E-state index < -0.39 is 11.8 Å². The molecule has 0 radical (unpaired) electrons. The third kappa shape index (κ3) is 6.93. The molecule has 8 nitrogen and oxygen atoms in total. The molecule has 0 bridgehead atoms. The summed E-state index contributed by atoms with van der Waals surface area (Å²) >= 11 is 0. The van der Waals surface area contributed by atoms with Crippen molar-refractivity contribution >= 4 is 29.0 Å². The van der Waals surface area contributed by atoms with Crippen molar-refractivity contribution in [2.45, 2.75) is 6.42 Å². The Morgan fingerprint density at radius 3 is 2.47 bits per heavy atom. The van der Waals surface area contributed by atoms with Crippen molar-refractivity contribution in [2.24, 2.45) is 0 Å². The van der Waals surface area contributed by atoms with Gasteiger partial charge in [-0.15, -0.1) is 0 Å². The van der Waals surface area contributed by atoms with E-state index in [4.69, 9.17) is 4.74 Å². The van der Waals surface area contributed by atoms with Crippen LogP contribution in [0.4, 0.5) is 26.2 Å². The van der Waals surface area contributed by atoms with Crippen molar-refractivity contribution in [1.82, 2.24) is 10.2 Å². The van der Waals surface area contributed by atoms with Gasteiger partial charge in [0.1, 0.15) is 5.82 Å². The molecule has 1 aliphatic heterocycles. The molecule has 172 valence electrons. The number of nitrogens with one attached hydrogen (secondary N) is 3. The van der Waals surface area contributed by atoms with Gasteiger partial charge in [-0.2, -0.15) is 0 Å². The van der Waals surface area contributed by atoms with Gasteiger partial charge in [0.05, 0.1) is 18.8 Å². The van der Waals surface area contributed by atoms with Crippen LogP contribution in [-0.4, -0.2) is 70.3 Å². The molecule has 1 fully saturated rings. The highest BCUT2D eigenvalue weighted by Gasteiger charge is 2.15. The number of rotatable bonds is 8. The second-order valence-corrected chi connectivity index (χ2v) is 7.78. The largest absolute Gasteiger partial charge is 0.379 e. The zero-order chi connectivity index (χ0) is 22.9. The lowest BCUT2D eigenvalue weighted by Crippen LogP contribution is -2.38. The number of ether oxygens (including phenoxy) is 1. The summed E-state index contributed by atoms with van der Waals surface area (Å²) in [5.74, 6) is -0.643. The van der Waals surface area contributed by atoms with E-state index in [1.165, 1.54) is 18.2 Å². The van der Waals surface area contributed by atoms with Gasteiger partial charge in [-0.25, -0.2) is 9.18 Å². The minimum atomic E-state index is -0.523. The van der Waals surface area contributed by atoms with Crippen molar-refractivity contribution in [3.05, 3.63) is 53.8 Å². The first-order valence-corrected chi connectivity index (χ1v) is 10.7. The number of halogens is 1. The summed E-state index contributed by atoms with van der Waals surface area (Å²) in [7, 11) is 3.71. The zero-order valence-corrected chi connectivity index (χ0v) is 18.5. The molecule has 0 atom stereocenters. The number of carbonyl (C=O) groups excluding carboxylic acids is 2. The molecule has 2 aromatic carbocycles. The van der Waals surface area contributed by atoms with Crippen molar-refractivity contribution < 1.29 is 18.7 Å². The molecule has 3 N–H and O–H groups in total. The molecule has 0 unspecified atom stereocenters. The number of nitrogens with zero attached hydrogens (tertiary/aromatic N) is 2. The maximum atomic E-state index is 13.3. The van der Waals surface area contributed by atoms with Crippen LogP contribution in [0.1, 0.15) is 16.8 Å². The molecule has 3 amide bonds. The highest BCUT2D eigenvalue weighted by Crippen LogP contribution is 2.23. The maximum Gasteiger partial charge on any atom is 0.323 e. The Labute approximate surface area is 187 Å². The van der Waals surface area contributed by atoms with Gasteiger partial charge >= 0.3 is 6.03 Å². The molecule has 9 heteroatoms. The molecule has 1 heterocycles. The predicted molar refractivity (Wildman–Crippen MR) is 124 cm³/mol. The summed E-state index contributed by atoms with van der Waals surface area (Å²) in [5.41, 5.74) is 2.00. The van der Waals surface area contributed by atoms with E-state index >= 15 is 0 Å². The summed E-state index contributed by atoms with van der Waals surface area (Å²) < 4.78 is 18.7.